The van der Waals surface area contributed by atoms with E-state index in [-0.39, 0.29) is 22.6 Å². The number of rotatable bonds is 3. The molecular formula is C42H35NO2Si. The molecule has 224 valence electrons. The third kappa shape index (κ3) is 4.24. The average molecular weight is 614 g/mol. The number of allylic oxidation sites excluding steroid dienone is 1. The molecule has 0 spiro atoms. The maximum Gasteiger partial charge on any atom is 0.197 e. The summed E-state index contributed by atoms with van der Waals surface area (Å²) in [5.74, 6) is -0.407. The number of Topliss-reactive ketones (excluding diaryl/α,β-unsaturated/α-hetero) is 2. The standard InChI is InChI=1S/C42H35NO2Si/c1-42(2)36-15-8-9-16-37(36)43(30-13-10-14-31(25-30)46(3,4)5)38-20-18-29-21-26(17-19-32(29)39(38)42)22-35-40(44)33-23-27-11-6-7-12-28(27)24-34(33)41(35)45/h6-25H,1-5H3. The van der Waals surface area contributed by atoms with Crippen molar-refractivity contribution in [2.75, 3.05) is 4.90 Å². The topological polar surface area (TPSA) is 37.4 Å². The Labute approximate surface area is 270 Å². The molecule has 8 rings (SSSR count). The number of ketones is 2. The van der Waals surface area contributed by atoms with Gasteiger partial charge < -0.3 is 4.90 Å². The van der Waals surface area contributed by atoms with Crippen molar-refractivity contribution in [3.63, 3.8) is 0 Å². The van der Waals surface area contributed by atoms with Gasteiger partial charge in [0.1, 0.15) is 0 Å². The van der Waals surface area contributed by atoms with E-state index in [0.717, 1.165) is 21.7 Å². The summed E-state index contributed by atoms with van der Waals surface area (Å²) in [7, 11) is -1.53. The van der Waals surface area contributed by atoms with E-state index in [0.29, 0.717) is 11.1 Å². The average Bonchev–Trinajstić information content (AvgIpc) is 3.27. The van der Waals surface area contributed by atoms with Gasteiger partial charge in [-0.25, -0.2) is 0 Å². The number of hydrogen-bond donors (Lipinski definition) is 0. The van der Waals surface area contributed by atoms with Crippen LogP contribution in [0.25, 0.3) is 27.6 Å². The molecule has 1 aliphatic heterocycles. The zero-order chi connectivity index (χ0) is 32.0. The first-order valence-electron chi connectivity index (χ1n) is 15.9. The fraction of sp³-hybridized carbons (Fsp3) is 0.143. The molecule has 0 unspecified atom stereocenters. The van der Waals surface area contributed by atoms with Crippen LogP contribution in [0.1, 0.15) is 51.3 Å². The quantitative estimate of drug-likeness (QED) is 0.113. The molecule has 0 saturated carbocycles. The third-order valence-corrected chi connectivity index (χ3v) is 11.9. The first kappa shape index (κ1) is 28.4. The van der Waals surface area contributed by atoms with Crippen LogP contribution in [0.3, 0.4) is 0 Å². The van der Waals surface area contributed by atoms with Crippen LogP contribution in [0.5, 0.6) is 0 Å². The second kappa shape index (κ2) is 9.97. The van der Waals surface area contributed by atoms with Crippen molar-refractivity contribution in [2.45, 2.75) is 38.9 Å². The van der Waals surface area contributed by atoms with E-state index in [1.165, 1.54) is 38.8 Å². The lowest BCUT2D eigenvalue weighted by Gasteiger charge is -2.43. The van der Waals surface area contributed by atoms with Gasteiger partial charge in [-0.15, -0.1) is 0 Å². The summed E-state index contributed by atoms with van der Waals surface area (Å²) in [4.78, 5) is 29.4. The highest BCUT2D eigenvalue weighted by Gasteiger charge is 2.38. The minimum atomic E-state index is -1.53. The molecule has 0 saturated heterocycles. The monoisotopic (exact) mass is 613 g/mol. The summed E-state index contributed by atoms with van der Waals surface area (Å²) in [6.07, 6.45) is 1.77. The lowest BCUT2D eigenvalue weighted by atomic mass is 9.71. The summed E-state index contributed by atoms with van der Waals surface area (Å²) in [5.41, 5.74) is 7.92. The molecule has 46 heavy (non-hydrogen) atoms. The molecule has 6 aromatic rings. The molecule has 1 heterocycles. The molecule has 0 amide bonds. The second-order valence-electron chi connectivity index (χ2n) is 14.2. The van der Waals surface area contributed by atoms with Crippen LogP contribution in [0.4, 0.5) is 17.1 Å². The van der Waals surface area contributed by atoms with E-state index in [4.69, 9.17) is 0 Å². The summed E-state index contributed by atoms with van der Waals surface area (Å²) in [5, 5.41) is 5.61. The van der Waals surface area contributed by atoms with Crippen molar-refractivity contribution in [3.8, 4) is 0 Å². The number of carbonyl (C=O) groups excluding carboxylic acids is 2. The van der Waals surface area contributed by atoms with Crippen LogP contribution in [0, 0.1) is 0 Å². The number of anilines is 3. The summed E-state index contributed by atoms with van der Waals surface area (Å²) < 4.78 is 0. The van der Waals surface area contributed by atoms with Crippen LogP contribution < -0.4 is 10.1 Å². The van der Waals surface area contributed by atoms with Gasteiger partial charge in [-0.3, -0.25) is 9.59 Å². The third-order valence-electron chi connectivity index (χ3n) is 9.85. The Kier molecular flexibility index (Phi) is 6.16. The molecule has 0 radical (unpaired) electrons. The van der Waals surface area contributed by atoms with Gasteiger partial charge in [-0.2, -0.15) is 0 Å². The summed E-state index contributed by atoms with van der Waals surface area (Å²) >= 11 is 0. The first-order chi connectivity index (χ1) is 22.0. The van der Waals surface area contributed by atoms with Gasteiger partial charge in [0.05, 0.1) is 25.0 Å². The maximum absolute atomic E-state index is 13.5. The van der Waals surface area contributed by atoms with Crippen LogP contribution in [-0.4, -0.2) is 19.6 Å². The van der Waals surface area contributed by atoms with Crippen LogP contribution in [0.15, 0.2) is 121 Å². The van der Waals surface area contributed by atoms with E-state index in [2.05, 4.69) is 111 Å². The second-order valence-corrected chi connectivity index (χ2v) is 19.3. The van der Waals surface area contributed by atoms with Crippen LogP contribution in [0.2, 0.25) is 19.6 Å². The first-order valence-corrected chi connectivity index (χ1v) is 19.4. The van der Waals surface area contributed by atoms with E-state index in [9.17, 15) is 9.59 Å². The van der Waals surface area contributed by atoms with Crippen molar-refractivity contribution in [1.82, 2.24) is 0 Å². The van der Waals surface area contributed by atoms with Gasteiger partial charge in [-0.05, 0) is 86.8 Å². The SMILES string of the molecule is CC1(C)c2ccccc2N(c2cccc([Si](C)(C)C)c2)c2ccc3cc(C=C4C(=O)c5cc6ccccc6cc5C4=O)ccc3c21. The highest BCUT2D eigenvalue weighted by molar-refractivity contribution is 6.88. The molecule has 3 nitrogen and oxygen atoms in total. The molecule has 1 aliphatic carbocycles. The predicted octanol–water partition coefficient (Wildman–Crippen LogP) is 10.1. The number of fused-ring (bicyclic) bond motifs is 6. The van der Waals surface area contributed by atoms with Crippen molar-refractivity contribution in [3.05, 3.63) is 149 Å². The van der Waals surface area contributed by atoms with Crippen LogP contribution >= 0.6 is 0 Å². The number of carbonyl (C=O) groups is 2. The highest BCUT2D eigenvalue weighted by atomic mass is 28.3. The van der Waals surface area contributed by atoms with Gasteiger partial charge in [0.25, 0.3) is 0 Å². The Hall–Kier alpha value is -5.06. The molecule has 0 aromatic heterocycles. The number of hydrogen-bond acceptors (Lipinski definition) is 3. The highest BCUT2D eigenvalue weighted by Crippen LogP contribution is 2.53. The zero-order valence-corrected chi connectivity index (χ0v) is 27.8. The Balaban J connectivity index is 1.26. The van der Waals surface area contributed by atoms with Crippen molar-refractivity contribution in [2.24, 2.45) is 0 Å². The number of para-hydroxylation sites is 1. The minimum absolute atomic E-state index is 0.203. The molecule has 2 aliphatic rings. The van der Waals surface area contributed by atoms with Gasteiger partial charge in [0.2, 0.25) is 0 Å². The molecule has 4 heteroatoms. The smallest absolute Gasteiger partial charge is 0.197 e. The fourth-order valence-electron chi connectivity index (χ4n) is 7.43. The van der Waals surface area contributed by atoms with Crippen molar-refractivity contribution in [1.29, 1.82) is 0 Å². The van der Waals surface area contributed by atoms with Crippen molar-refractivity contribution < 1.29 is 9.59 Å². The summed E-state index contributed by atoms with van der Waals surface area (Å²) in [6.45, 7) is 11.8. The number of benzene rings is 6. The van der Waals surface area contributed by atoms with Gasteiger partial charge in [0.15, 0.2) is 11.6 Å². The lowest BCUT2D eigenvalue weighted by molar-refractivity contribution is 0.0990. The minimum Gasteiger partial charge on any atom is -0.310 e. The van der Waals surface area contributed by atoms with E-state index in [1.54, 1.807) is 6.08 Å². The van der Waals surface area contributed by atoms with E-state index >= 15 is 0 Å². The normalized spacial score (nSPS) is 15.2. The Morgan fingerprint density at radius 3 is 2.00 bits per heavy atom. The van der Waals surface area contributed by atoms with Gasteiger partial charge in [-0.1, -0.05) is 111 Å². The van der Waals surface area contributed by atoms with E-state index < -0.39 is 8.07 Å². The predicted molar refractivity (Wildman–Crippen MR) is 194 cm³/mol. The molecule has 0 N–H and O–H groups in total. The lowest BCUT2D eigenvalue weighted by Crippen LogP contribution is -2.38. The Bertz CT molecular complexity index is 2270. The fourth-order valence-corrected chi connectivity index (χ4v) is 8.61. The van der Waals surface area contributed by atoms with Gasteiger partial charge in [0, 0.05) is 22.2 Å². The summed E-state index contributed by atoms with van der Waals surface area (Å²) in [6, 6.07) is 40.1. The number of nitrogens with zero attached hydrogens (tertiary/aromatic N) is 1. The van der Waals surface area contributed by atoms with E-state index in [1.807, 2.05) is 42.5 Å². The maximum atomic E-state index is 13.5. The molecule has 0 bridgehead atoms. The molecule has 6 aromatic carbocycles. The molecular weight excluding hydrogens is 579 g/mol. The van der Waals surface area contributed by atoms with Crippen molar-refractivity contribution >= 4 is 69.5 Å². The molecule has 0 atom stereocenters. The zero-order valence-electron chi connectivity index (χ0n) is 26.8. The molecule has 0 fully saturated rings. The van der Waals surface area contributed by atoms with Gasteiger partial charge >= 0.3 is 0 Å². The Morgan fingerprint density at radius 2 is 1.30 bits per heavy atom. The largest absolute Gasteiger partial charge is 0.310 e. The Morgan fingerprint density at radius 1 is 0.630 bits per heavy atom. The van der Waals surface area contributed by atoms with Crippen LogP contribution in [-0.2, 0) is 5.41 Å².